The van der Waals surface area contributed by atoms with Gasteiger partial charge in [0.05, 0.1) is 0 Å². The van der Waals surface area contributed by atoms with E-state index in [2.05, 4.69) is 0 Å². The van der Waals surface area contributed by atoms with Crippen LogP contribution < -0.4 is 5.73 Å². The summed E-state index contributed by atoms with van der Waals surface area (Å²) >= 11 is 0.901. The molecule has 3 heteroatoms. The minimum Gasteiger partial charge on any atom is -0.406 e. The monoisotopic (exact) mass is 143 g/mol. The Bertz CT molecular complexity index is 95.2. The minimum atomic E-state index is -0.282. The summed E-state index contributed by atoms with van der Waals surface area (Å²) in [6.45, 7) is 0. The van der Waals surface area contributed by atoms with Gasteiger partial charge in [-0.05, 0) is 25.7 Å². The van der Waals surface area contributed by atoms with Crippen LogP contribution in [0.2, 0.25) is 0 Å². The van der Waals surface area contributed by atoms with Gasteiger partial charge >= 0.3 is 0 Å². The van der Waals surface area contributed by atoms with Gasteiger partial charge in [-0.25, -0.2) is 0 Å². The number of hydrogen-bond acceptors (Lipinski definition) is 2. The second kappa shape index (κ2) is 2.59. The molecule has 0 unspecified atom stereocenters. The Morgan fingerprint density at radius 1 is 1.44 bits per heavy atom. The topological polar surface area (TPSA) is 46.2 Å². The van der Waals surface area contributed by atoms with E-state index in [1.165, 1.54) is 0 Å². The van der Waals surface area contributed by atoms with Gasteiger partial charge in [0.25, 0.3) is 16.3 Å². The van der Waals surface area contributed by atoms with Crippen molar-refractivity contribution in [2.24, 2.45) is 5.73 Å². The van der Waals surface area contributed by atoms with Crippen LogP contribution in [0.3, 0.4) is 0 Å². The molecule has 0 spiro atoms. The molecule has 1 aliphatic rings. The van der Waals surface area contributed by atoms with Crippen molar-refractivity contribution in [3.63, 3.8) is 0 Å². The molecular weight excluding hydrogens is 129 g/mol. The summed E-state index contributed by atoms with van der Waals surface area (Å²) in [6, 6.07) is 0.360. The highest BCUT2D eigenvalue weighted by molar-refractivity contribution is 6.14. The smallest absolute Gasteiger partial charge is 0.263 e. The van der Waals surface area contributed by atoms with E-state index < -0.39 is 0 Å². The fourth-order valence-corrected chi connectivity index (χ4v) is 1.84. The first-order valence-electron chi connectivity index (χ1n) is 3.58. The lowest BCUT2D eigenvalue weighted by molar-refractivity contribution is 0.0797. The zero-order valence-corrected chi connectivity index (χ0v) is 7.93. The van der Waals surface area contributed by atoms with Gasteiger partial charge in [-0.2, -0.15) is 0 Å². The van der Waals surface area contributed by atoms with E-state index in [0.29, 0.717) is 6.04 Å². The molecule has 3 N–H and O–H groups in total. The van der Waals surface area contributed by atoms with Crippen molar-refractivity contribution in [2.45, 2.75) is 36.2 Å². The van der Waals surface area contributed by atoms with Gasteiger partial charge in [0, 0.05) is 10.5 Å². The lowest BCUT2D eigenvalue weighted by Gasteiger charge is -2.31. The lowest BCUT2D eigenvalue weighted by atomic mass is 9.93. The van der Waals surface area contributed by atoms with Crippen LogP contribution in [0.4, 0.5) is 0 Å². The molecule has 0 aliphatic heterocycles. The maximum Gasteiger partial charge on any atom is 0.263 e. The Morgan fingerprint density at radius 3 is 2.22 bits per heavy atom. The second-order valence-electron chi connectivity index (χ2n) is 3.33. The molecular formula is C6H14AlNO. The molecule has 0 atom stereocenters. The Labute approximate surface area is 63.9 Å². The van der Waals surface area contributed by atoms with Crippen LogP contribution in [-0.2, 0) is 0 Å². The standard InChI is InChI=1S/C6H12NO.Al.2H/c7-5-1-3-6(8)4-2-5;;;/h5,8H,1-4,7H2;;;. The highest BCUT2D eigenvalue weighted by Gasteiger charge is 2.26. The zero-order chi connectivity index (χ0) is 6.91. The van der Waals surface area contributed by atoms with E-state index in [0.717, 1.165) is 42.0 Å². The van der Waals surface area contributed by atoms with Crippen molar-refractivity contribution >= 4 is 16.3 Å². The van der Waals surface area contributed by atoms with Gasteiger partial charge < -0.3 is 10.8 Å². The predicted octanol–water partition coefficient (Wildman–Crippen LogP) is -0.791. The molecule has 1 fully saturated rings. The summed E-state index contributed by atoms with van der Waals surface area (Å²) in [6.07, 6.45) is 3.89. The summed E-state index contributed by atoms with van der Waals surface area (Å²) in [5.74, 6) is 0. The van der Waals surface area contributed by atoms with Crippen molar-refractivity contribution in [1.29, 1.82) is 0 Å². The van der Waals surface area contributed by atoms with Crippen molar-refractivity contribution in [2.75, 3.05) is 0 Å². The summed E-state index contributed by atoms with van der Waals surface area (Å²) in [5, 5.41) is 9.50. The number of aliphatic hydroxyl groups is 1. The molecule has 0 aromatic carbocycles. The van der Waals surface area contributed by atoms with Gasteiger partial charge in [-0.3, -0.25) is 0 Å². The van der Waals surface area contributed by atoms with Crippen molar-refractivity contribution in [1.82, 2.24) is 0 Å². The molecule has 0 radical (unpaired) electrons. The third kappa shape index (κ3) is 2.27. The normalized spacial score (nSPS) is 44.9. The molecule has 52 valence electrons. The minimum absolute atomic E-state index is 0.282. The van der Waals surface area contributed by atoms with Crippen LogP contribution in [0.1, 0.15) is 25.7 Å². The highest BCUT2D eigenvalue weighted by atomic mass is 27.0. The van der Waals surface area contributed by atoms with Crippen LogP contribution in [0, 0.1) is 0 Å². The Balaban J connectivity index is 2.35. The highest BCUT2D eigenvalue weighted by Crippen LogP contribution is 2.23. The van der Waals surface area contributed by atoms with Crippen LogP contribution in [0.25, 0.3) is 0 Å². The number of hydrogen-bond donors (Lipinski definition) is 2. The lowest BCUT2D eigenvalue weighted by Crippen LogP contribution is -2.38. The van der Waals surface area contributed by atoms with Crippen molar-refractivity contribution in [3.8, 4) is 0 Å². The van der Waals surface area contributed by atoms with Crippen LogP contribution in [0.5, 0.6) is 0 Å². The molecule has 0 heterocycles. The van der Waals surface area contributed by atoms with E-state index in [4.69, 9.17) is 5.73 Å². The molecule has 0 aromatic heterocycles. The van der Waals surface area contributed by atoms with E-state index in [9.17, 15) is 5.11 Å². The van der Waals surface area contributed by atoms with Gasteiger partial charge in [0.1, 0.15) is 0 Å². The van der Waals surface area contributed by atoms with E-state index >= 15 is 0 Å². The SMILES string of the molecule is NC1CC[C](O)([AlH2])CC1. The Morgan fingerprint density at radius 2 is 1.89 bits per heavy atom. The maximum absolute atomic E-state index is 9.50. The third-order valence-corrected chi connectivity index (χ3v) is 3.11. The quantitative estimate of drug-likeness (QED) is 0.436. The van der Waals surface area contributed by atoms with Gasteiger partial charge in [0.2, 0.25) is 0 Å². The first-order valence-corrected chi connectivity index (χ1v) is 4.58. The van der Waals surface area contributed by atoms with E-state index in [-0.39, 0.29) is 4.46 Å². The zero-order valence-electron chi connectivity index (χ0n) is 5.93. The fourth-order valence-electron chi connectivity index (χ4n) is 1.26. The first kappa shape index (κ1) is 7.56. The van der Waals surface area contributed by atoms with Gasteiger partial charge in [0.15, 0.2) is 0 Å². The summed E-state index contributed by atoms with van der Waals surface area (Å²) < 4.78 is -0.282. The van der Waals surface area contributed by atoms with Gasteiger partial charge in [-0.15, -0.1) is 0 Å². The summed E-state index contributed by atoms with van der Waals surface area (Å²) in [4.78, 5) is 0. The van der Waals surface area contributed by atoms with E-state index in [1.54, 1.807) is 0 Å². The average molecular weight is 143 g/mol. The molecule has 1 saturated carbocycles. The predicted molar refractivity (Wildman–Crippen MR) is 39.9 cm³/mol. The number of rotatable bonds is 0. The largest absolute Gasteiger partial charge is 0.406 e. The Hall–Kier alpha value is 0.452. The fraction of sp³-hybridized carbons (Fsp3) is 1.00. The summed E-state index contributed by atoms with van der Waals surface area (Å²) in [7, 11) is 0. The van der Waals surface area contributed by atoms with Crippen LogP contribution in [0.15, 0.2) is 0 Å². The molecule has 0 bridgehead atoms. The van der Waals surface area contributed by atoms with Crippen molar-refractivity contribution < 1.29 is 5.11 Å². The second-order valence-corrected chi connectivity index (χ2v) is 5.20. The maximum atomic E-state index is 9.50. The average Bonchev–Trinajstić information content (AvgIpc) is 1.78. The molecule has 9 heavy (non-hydrogen) atoms. The molecule has 0 aromatic rings. The molecule has 0 amide bonds. The van der Waals surface area contributed by atoms with Crippen molar-refractivity contribution in [3.05, 3.63) is 0 Å². The van der Waals surface area contributed by atoms with Crippen LogP contribution >= 0.6 is 0 Å². The first-order chi connectivity index (χ1) is 4.10. The molecule has 1 rings (SSSR count). The Kier molecular flexibility index (Phi) is 2.18. The van der Waals surface area contributed by atoms with E-state index in [1.807, 2.05) is 0 Å². The van der Waals surface area contributed by atoms with Gasteiger partial charge in [-0.1, -0.05) is 0 Å². The third-order valence-electron chi connectivity index (χ3n) is 2.11. The summed E-state index contributed by atoms with van der Waals surface area (Å²) in [5.41, 5.74) is 5.66. The number of nitrogens with two attached hydrogens (primary N) is 1. The molecule has 1 aliphatic carbocycles. The molecule has 0 saturated heterocycles. The molecule has 2 nitrogen and oxygen atoms in total. The van der Waals surface area contributed by atoms with Crippen LogP contribution in [-0.4, -0.2) is 31.9 Å².